The van der Waals surface area contributed by atoms with Gasteiger partial charge in [-0.05, 0) is 36.8 Å². The molecule has 0 aliphatic carbocycles. The average molecular weight is 297 g/mol. The SMILES string of the molecule is Cc1ccc2nc(CCl)n(Cc3cccc(C#N)c3)c2n1. The number of alkyl halides is 1. The van der Waals surface area contributed by atoms with Gasteiger partial charge in [0.2, 0.25) is 0 Å². The fourth-order valence-corrected chi connectivity index (χ4v) is 2.54. The van der Waals surface area contributed by atoms with Crippen molar-refractivity contribution in [3.8, 4) is 6.07 Å². The minimum atomic E-state index is 0.327. The summed E-state index contributed by atoms with van der Waals surface area (Å²) in [7, 11) is 0. The zero-order valence-corrected chi connectivity index (χ0v) is 12.3. The van der Waals surface area contributed by atoms with E-state index in [9.17, 15) is 0 Å². The standard InChI is InChI=1S/C16H13ClN4/c1-11-5-6-14-16(19-11)21(15(8-17)20-14)10-13-4-2-3-12(7-13)9-18/h2-7H,8,10H2,1H3. The molecule has 0 aliphatic rings. The van der Waals surface area contributed by atoms with E-state index in [2.05, 4.69) is 16.0 Å². The number of hydrogen-bond donors (Lipinski definition) is 0. The van der Waals surface area contributed by atoms with Crippen molar-refractivity contribution in [2.45, 2.75) is 19.3 Å². The number of aromatic nitrogens is 3. The van der Waals surface area contributed by atoms with Crippen molar-refractivity contribution in [2.24, 2.45) is 0 Å². The first kappa shape index (κ1) is 13.6. The highest BCUT2D eigenvalue weighted by Crippen LogP contribution is 2.18. The summed E-state index contributed by atoms with van der Waals surface area (Å²) < 4.78 is 2.01. The lowest BCUT2D eigenvalue weighted by atomic mass is 10.1. The van der Waals surface area contributed by atoms with Crippen LogP contribution in [-0.4, -0.2) is 14.5 Å². The molecule has 0 spiro atoms. The van der Waals surface area contributed by atoms with Crippen molar-refractivity contribution in [3.05, 3.63) is 59.0 Å². The Balaban J connectivity index is 2.10. The molecule has 0 bridgehead atoms. The highest BCUT2D eigenvalue weighted by Gasteiger charge is 2.12. The molecule has 0 amide bonds. The van der Waals surface area contributed by atoms with Crippen LogP contribution in [0.25, 0.3) is 11.2 Å². The summed E-state index contributed by atoms with van der Waals surface area (Å²) >= 11 is 6.00. The van der Waals surface area contributed by atoms with Gasteiger partial charge in [0.05, 0.1) is 24.1 Å². The molecule has 0 fully saturated rings. The highest BCUT2D eigenvalue weighted by atomic mass is 35.5. The summed E-state index contributed by atoms with van der Waals surface area (Å²) in [6.07, 6.45) is 0. The van der Waals surface area contributed by atoms with E-state index < -0.39 is 0 Å². The van der Waals surface area contributed by atoms with Gasteiger partial charge in [-0.2, -0.15) is 5.26 Å². The van der Waals surface area contributed by atoms with Crippen LogP contribution in [0.1, 0.15) is 22.6 Å². The quantitative estimate of drug-likeness (QED) is 0.696. The average Bonchev–Trinajstić information content (AvgIpc) is 2.85. The van der Waals surface area contributed by atoms with Crippen LogP contribution >= 0.6 is 11.6 Å². The second kappa shape index (κ2) is 5.55. The maximum Gasteiger partial charge on any atom is 0.160 e. The number of fused-ring (bicyclic) bond motifs is 1. The minimum absolute atomic E-state index is 0.327. The van der Waals surface area contributed by atoms with Crippen LogP contribution in [0.3, 0.4) is 0 Å². The first-order valence-corrected chi connectivity index (χ1v) is 7.12. The zero-order chi connectivity index (χ0) is 14.8. The first-order chi connectivity index (χ1) is 10.2. The van der Waals surface area contributed by atoms with Crippen molar-refractivity contribution in [1.29, 1.82) is 5.26 Å². The number of rotatable bonds is 3. The Kier molecular flexibility index (Phi) is 3.59. The molecule has 104 valence electrons. The third-order valence-corrected chi connectivity index (χ3v) is 3.57. The van der Waals surface area contributed by atoms with Crippen LogP contribution in [0.15, 0.2) is 36.4 Å². The van der Waals surface area contributed by atoms with E-state index in [1.807, 2.05) is 41.8 Å². The lowest BCUT2D eigenvalue weighted by Gasteiger charge is -2.08. The summed E-state index contributed by atoms with van der Waals surface area (Å²) in [6, 6.07) is 13.6. The number of aryl methyl sites for hydroxylation is 1. The van der Waals surface area contributed by atoms with Gasteiger partial charge >= 0.3 is 0 Å². The number of halogens is 1. The predicted octanol–water partition coefficient (Wildman–Crippen LogP) is 3.40. The maximum absolute atomic E-state index is 8.99. The molecule has 0 saturated heterocycles. The minimum Gasteiger partial charge on any atom is -0.307 e. The summed E-state index contributed by atoms with van der Waals surface area (Å²) in [4.78, 5) is 9.07. The topological polar surface area (TPSA) is 54.5 Å². The van der Waals surface area contributed by atoms with Gasteiger partial charge in [0.15, 0.2) is 5.65 Å². The lowest BCUT2D eigenvalue weighted by Crippen LogP contribution is -2.05. The second-order valence-corrected chi connectivity index (χ2v) is 5.12. The van der Waals surface area contributed by atoms with E-state index >= 15 is 0 Å². The Bertz CT molecular complexity index is 845. The number of nitriles is 1. The molecule has 0 atom stereocenters. The smallest absolute Gasteiger partial charge is 0.160 e. The summed E-state index contributed by atoms with van der Waals surface area (Å²) in [5, 5.41) is 8.99. The molecule has 21 heavy (non-hydrogen) atoms. The van der Waals surface area contributed by atoms with E-state index in [1.165, 1.54) is 0 Å². The van der Waals surface area contributed by atoms with E-state index in [1.54, 1.807) is 6.07 Å². The monoisotopic (exact) mass is 296 g/mol. The zero-order valence-electron chi connectivity index (χ0n) is 11.5. The van der Waals surface area contributed by atoms with Crippen molar-refractivity contribution < 1.29 is 0 Å². The molecule has 0 aliphatic heterocycles. The van der Waals surface area contributed by atoms with Gasteiger partial charge in [0.25, 0.3) is 0 Å². The molecular formula is C16H13ClN4. The van der Waals surface area contributed by atoms with E-state index in [4.69, 9.17) is 16.9 Å². The van der Waals surface area contributed by atoms with Gasteiger partial charge in [-0.15, -0.1) is 11.6 Å². The van der Waals surface area contributed by atoms with Crippen molar-refractivity contribution in [2.75, 3.05) is 0 Å². The molecule has 4 nitrogen and oxygen atoms in total. The largest absolute Gasteiger partial charge is 0.307 e. The number of imidazole rings is 1. The molecule has 3 aromatic rings. The molecule has 0 N–H and O–H groups in total. The third-order valence-electron chi connectivity index (χ3n) is 3.33. The number of hydrogen-bond acceptors (Lipinski definition) is 3. The van der Waals surface area contributed by atoms with E-state index in [0.29, 0.717) is 18.0 Å². The van der Waals surface area contributed by atoms with Crippen LogP contribution in [0.2, 0.25) is 0 Å². The fourth-order valence-electron chi connectivity index (χ4n) is 2.33. The van der Waals surface area contributed by atoms with Crippen molar-refractivity contribution in [1.82, 2.24) is 14.5 Å². The lowest BCUT2D eigenvalue weighted by molar-refractivity contribution is 0.769. The number of benzene rings is 1. The van der Waals surface area contributed by atoms with Gasteiger partial charge in [-0.25, -0.2) is 9.97 Å². The van der Waals surface area contributed by atoms with Crippen LogP contribution < -0.4 is 0 Å². The number of pyridine rings is 1. The maximum atomic E-state index is 8.99. The van der Waals surface area contributed by atoms with Crippen molar-refractivity contribution in [3.63, 3.8) is 0 Å². The molecule has 2 aromatic heterocycles. The number of nitrogens with zero attached hydrogens (tertiary/aromatic N) is 4. The molecule has 0 radical (unpaired) electrons. The fraction of sp³-hybridized carbons (Fsp3) is 0.188. The van der Waals surface area contributed by atoms with Gasteiger partial charge < -0.3 is 4.57 Å². The van der Waals surface area contributed by atoms with Crippen LogP contribution in [-0.2, 0) is 12.4 Å². The Morgan fingerprint density at radius 1 is 1.24 bits per heavy atom. The first-order valence-electron chi connectivity index (χ1n) is 6.59. The Morgan fingerprint density at radius 2 is 2.10 bits per heavy atom. The summed E-state index contributed by atoms with van der Waals surface area (Å²) in [6.45, 7) is 2.55. The van der Waals surface area contributed by atoms with Gasteiger partial charge in [-0.1, -0.05) is 12.1 Å². The Morgan fingerprint density at radius 3 is 2.86 bits per heavy atom. The third kappa shape index (κ3) is 2.61. The van der Waals surface area contributed by atoms with Crippen LogP contribution in [0.5, 0.6) is 0 Å². The van der Waals surface area contributed by atoms with Gasteiger partial charge in [-0.3, -0.25) is 0 Å². The second-order valence-electron chi connectivity index (χ2n) is 4.86. The summed E-state index contributed by atoms with van der Waals surface area (Å²) in [5.74, 6) is 1.11. The Hall–Kier alpha value is -2.38. The molecular weight excluding hydrogens is 284 g/mol. The van der Waals surface area contributed by atoms with Gasteiger partial charge in [0, 0.05) is 5.69 Å². The molecule has 0 saturated carbocycles. The highest BCUT2D eigenvalue weighted by molar-refractivity contribution is 6.16. The van der Waals surface area contributed by atoms with Crippen molar-refractivity contribution >= 4 is 22.8 Å². The van der Waals surface area contributed by atoms with Crippen LogP contribution in [0.4, 0.5) is 0 Å². The molecule has 1 aromatic carbocycles. The van der Waals surface area contributed by atoms with E-state index in [0.717, 1.165) is 28.2 Å². The Labute approximate surface area is 127 Å². The normalized spacial score (nSPS) is 10.7. The molecule has 3 rings (SSSR count). The molecule has 0 unspecified atom stereocenters. The van der Waals surface area contributed by atoms with Gasteiger partial charge in [0.1, 0.15) is 11.3 Å². The summed E-state index contributed by atoms with van der Waals surface area (Å²) in [5.41, 5.74) is 4.28. The van der Waals surface area contributed by atoms with Crippen LogP contribution in [0, 0.1) is 18.3 Å². The predicted molar refractivity (Wildman–Crippen MR) is 82.1 cm³/mol. The molecule has 5 heteroatoms. The molecule has 2 heterocycles. The van der Waals surface area contributed by atoms with E-state index in [-0.39, 0.29) is 0 Å².